The van der Waals surface area contributed by atoms with Gasteiger partial charge in [-0.25, -0.2) is 0 Å². The van der Waals surface area contributed by atoms with Gasteiger partial charge in [0.15, 0.2) is 0 Å². The van der Waals surface area contributed by atoms with E-state index in [1.54, 1.807) is 0 Å². The SMILES string of the molecule is CC1CCCC/C(N)=C(/N)C1(F)F. The van der Waals surface area contributed by atoms with Crippen LogP contribution in [-0.4, -0.2) is 5.92 Å². The van der Waals surface area contributed by atoms with Gasteiger partial charge in [0.25, 0.3) is 5.92 Å². The lowest BCUT2D eigenvalue weighted by Crippen LogP contribution is -2.36. The normalized spacial score (nSPS) is 35.2. The Labute approximate surface area is 77.0 Å². The van der Waals surface area contributed by atoms with E-state index in [-0.39, 0.29) is 5.70 Å². The smallest absolute Gasteiger partial charge is 0.291 e. The van der Waals surface area contributed by atoms with Gasteiger partial charge in [0, 0.05) is 11.6 Å². The fraction of sp³-hybridized carbons (Fsp3) is 0.778. The van der Waals surface area contributed by atoms with E-state index in [0.717, 1.165) is 12.8 Å². The quantitative estimate of drug-likeness (QED) is 0.613. The zero-order valence-electron chi connectivity index (χ0n) is 7.82. The first-order chi connectivity index (χ1) is 5.96. The molecule has 0 radical (unpaired) electrons. The van der Waals surface area contributed by atoms with Crippen molar-refractivity contribution in [2.45, 2.75) is 38.5 Å². The van der Waals surface area contributed by atoms with Gasteiger partial charge in [-0.05, 0) is 19.3 Å². The van der Waals surface area contributed by atoms with Gasteiger partial charge < -0.3 is 11.5 Å². The minimum Gasteiger partial charge on any atom is -0.400 e. The summed E-state index contributed by atoms with van der Waals surface area (Å²) < 4.78 is 26.8. The van der Waals surface area contributed by atoms with E-state index in [4.69, 9.17) is 11.5 Å². The number of allylic oxidation sites excluding steroid dienone is 2. The van der Waals surface area contributed by atoms with Gasteiger partial charge in [-0.15, -0.1) is 0 Å². The van der Waals surface area contributed by atoms with E-state index in [2.05, 4.69) is 0 Å². The molecule has 0 aliphatic heterocycles. The summed E-state index contributed by atoms with van der Waals surface area (Å²) in [6, 6.07) is 0. The molecule has 13 heavy (non-hydrogen) atoms. The van der Waals surface area contributed by atoms with Gasteiger partial charge in [0.2, 0.25) is 0 Å². The molecule has 0 heterocycles. The molecule has 0 fully saturated rings. The number of hydrogen-bond acceptors (Lipinski definition) is 2. The fourth-order valence-electron chi connectivity index (χ4n) is 1.56. The minimum atomic E-state index is -2.93. The number of alkyl halides is 2. The van der Waals surface area contributed by atoms with E-state index in [0.29, 0.717) is 12.8 Å². The molecule has 0 spiro atoms. The third-order valence-electron chi connectivity index (χ3n) is 2.66. The van der Waals surface area contributed by atoms with Crippen LogP contribution in [0.4, 0.5) is 8.78 Å². The lowest BCUT2D eigenvalue weighted by Gasteiger charge is -2.27. The van der Waals surface area contributed by atoms with Crippen molar-refractivity contribution in [1.29, 1.82) is 0 Å². The molecule has 2 nitrogen and oxygen atoms in total. The Bertz CT molecular complexity index is 224. The molecule has 1 aliphatic rings. The van der Waals surface area contributed by atoms with Crippen molar-refractivity contribution in [2.75, 3.05) is 0 Å². The molecule has 0 bridgehead atoms. The van der Waals surface area contributed by atoms with Crippen LogP contribution in [0.3, 0.4) is 0 Å². The molecule has 0 aromatic heterocycles. The summed E-state index contributed by atoms with van der Waals surface area (Å²) in [7, 11) is 0. The summed E-state index contributed by atoms with van der Waals surface area (Å²) in [4.78, 5) is 0. The first-order valence-corrected chi connectivity index (χ1v) is 4.58. The predicted octanol–water partition coefficient (Wildman–Crippen LogP) is 1.96. The average molecular weight is 190 g/mol. The molecule has 0 saturated heterocycles. The Morgan fingerprint density at radius 2 is 1.92 bits per heavy atom. The van der Waals surface area contributed by atoms with E-state index in [1.807, 2.05) is 0 Å². The van der Waals surface area contributed by atoms with Crippen molar-refractivity contribution in [3.8, 4) is 0 Å². The maximum Gasteiger partial charge on any atom is 0.291 e. The lowest BCUT2D eigenvalue weighted by molar-refractivity contribution is -0.0219. The molecule has 0 amide bonds. The molecule has 0 aromatic carbocycles. The highest BCUT2D eigenvalue weighted by Crippen LogP contribution is 2.36. The molecular weight excluding hydrogens is 174 g/mol. The van der Waals surface area contributed by atoms with E-state index >= 15 is 0 Å². The maximum absolute atomic E-state index is 13.4. The topological polar surface area (TPSA) is 52.0 Å². The summed E-state index contributed by atoms with van der Waals surface area (Å²) in [5.41, 5.74) is 10.5. The molecule has 1 atom stereocenters. The number of nitrogens with two attached hydrogens (primary N) is 2. The summed E-state index contributed by atoms with van der Waals surface area (Å²) in [6.07, 6.45) is 2.66. The van der Waals surface area contributed by atoms with Crippen molar-refractivity contribution < 1.29 is 8.78 Å². The summed E-state index contributed by atoms with van der Waals surface area (Å²) in [6.45, 7) is 1.52. The molecule has 1 aliphatic carbocycles. The number of rotatable bonds is 0. The molecule has 1 rings (SSSR count). The Morgan fingerprint density at radius 3 is 2.54 bits per heavy atom. The van der Waals surface area contributed by atoms with E-state index in [1.165, 1.54) is 6.92 Å². The molecule has 0 saturated carbocycles. The van der Waals surface area contributed by atoms with Crippen molar-refractivity contribution in [2.24, 2.45) is 17.4 Å². The van der Waals surface area contributed by atoms with Crippen molar-refractivity contribution >= 4 is 0 Å². The highest BCUT2D eigenvalue weighted by atomic mass is 19.3. The molecule has 4 N–H and O–H groups in total. The summed E-state index contributed by atoms with van der Waals surface area (Å²) >= 11 is 0. The van der Waals surface area contributed by atoms with Gasteiger partial charge in [-0.2, -0.15) is 8.78 Å². The Morgan fingerprint density at radius 1 is 1.31 bits per heavy atom. The third-order valence-corrected chi connectivity index (χ3v) is 2.66. The van der Waals surface area contributed by atoms with E-state index < -0.39 is 17.5 Å². The second-order valence-electron chi connectivity index (χ2n) is 3.71. The second-order valence-corrected chi connectivity index (χ2v) is 3.71. The van der Waals surface area contributed by atoms with Crippen LogP contribution in [0.15, 0.2) is 11.4 Å². The second kappa shape index (κ2) is 3.52. The lowest BCUT2D eigenvalue weighted by atomic mass is 9.90. The predicted molar refractivity (Wildman–Crippen MR) is 48.0 cm³/mol. The van der Waals surface area contributed by atoms with E-state index in [9.17, 15) is 8.78 Å². The van der Waals surface area contributed by atoms with Crippen LogP contribution in [0.25, 0.3) is 0 Å². The third kappa shape index (κ3) is 1.92. The van der Waals surface area contributed by atoms with Crippen molar-refractivity contribution in [3.05, 3.63) is 11.4 Å². The zero-order valence-corrected chi connectivity index (χ0v) is 7.82. The van der Waals surface area contributed by atoms with Crippen LogP contribution < -0.4 is 11.5 Å². The molecule has 1 unspecified atom stereocenters. The first-order valence-electron chi connectivity index (χ1n) is 4.58. The Balaban J connectivity index is 2.97. The minimum absolute atomic E-state index is 0.163. The Hall–Kier alpha value is -0.800. The van der Waals surface area contributed by atoms with Crippen LogP contribution >= 0.6 is 0 Å². The van der Waals surface area contributed by atoms with Gasteiger partial charge in [-0.3, -0.25) is 0 Å². The summed E-state index contributed by atoms with van der Waals surface area (Å²) in [5, 5.41) is 0. The van der Waals surface area contributed by atoms with Crippen LogP contribution in [0.1, 0.15) is 32.6 Å². The standard InChI is InChI=1S/C9H16F2N2/c1-6-4-2-3-5-7(12)8(13)9(6,10)11/h6H,2-5,12-13H2,1H3/b8-7-. The summed E-state index contributed by atoms with van der Waals surface area (Å²) in [5.74, 6) is -3.63. The molecule has 4 heteroatoms. The van der Waals surface area contributed by atoms with Gasteiger partial charge in [0.05, 0.1) is 5.70 Å². The van der Waals surface area contributed by atoms with Crippen LogP contribution in [0.5, 0.6) is 0 Å². The zero-order chi connectivity index (χ0) is 10.1. The number of hydrogen-bond donors (Lipinski definition) is 2. The largest absolute Gasteiger partial charge is 0.400 e. The van der Waals surface area contributed by atoms with Crippen LogP contribution in [-0.2, 0) is 0 Å². The van der Waals surface area contributed by atoms with Crippen molar-refractivity contribution in [3.63, 3.8) is 0 Å². The molecular formula is C9H16F2N2. The monoisotopic (exact) mass is 190 g/mol. The Kier molecular flexibility index (Phi) is 2.78. The maximum atomic E-state index is 13.4. The molecule has 76 valence electrons. The van der Waals surface area contributed by atoms with Crippen LogP contribution in [0, 0.1) is 5.92 Å². The highest BCUT2D eigenvalue weighted by molar-refractivity contribution is 5.17. The van der Waals surface area contributed by atoms with Gasteiger partial charge in [-0.1, -0.05) is 13.3 Å². The van der Waals surface area contributed by atoms with Gasteiger partial charge >= 0.3 is 0 Å². The van der Waals surface area contributed by atoms with Gasteiger partial charge in [0.1, 0.15) is 0 Å². The highest BCUT2D eigenvalue weighted by Gasteiger charge is 2.40. The fourth-order valence-corrected chi connectivity index (χ4v) is 1.56. The number of halogens is 2. The average Bonchev–Trinajstić information content (AvgIpc) is 2.08. The first kappa shape index (κ1) is 10.3. The van der Waals surface area contributed by atoms with Crippen LogP contribution in [0.2, 0.25) is 0 Å². The van der Waals surface area contributed by atoms with Crippen molar-refractivity contribution in [1.82, 2.24) is 0 Å². The molecule has 0 aromatic rings.